The summed E-state index contributed by atoms with van der Waals surface area (Å²) in [4.78, 5) is 41.6. The molecule has 0 radical (unpaired) electrons. The number of methoxy groups -OCH3 is 1. The van der Waals surface area contributed by atoms with E-state index < -0.39 is 66.2 Å². The molecule has 13 nitrogen and oxygen atoms in total. The van der Waals surface area contributed by atoms with E-state index in [1.165, 1.54) is 12.8 Å². The van der Waals surface area contributed by atoms with E-state index in [2.05, 4.69) is 22.9 Å². The van der Waals surface area contributed by atoms with Crippen LogP contribution in [0.3, 0.4) is 0 Å². The largest absolute Gasteiger partial charge is 0.458 e. The van der Waals surface area contributed by atoms with Crippen molar-refractivity contribution < 1.29 is 43.2 Å². The Bertz CT molecular complexity index is 1090. The standard InChI is InChI=1S/C34H60N4O9/c1-10-26-34(6)29(37-32(42)47-34)21(4)36-16-19(2)15-33(5,43-9)30(20(3)25(39)14-27(40)45-26)46-31-28(41)24(38(7)8)13-23(44-31)18-35-17-22-11-12-22/h19-24,26,28-31,35-36,41H,10-18H2,1-9H3,(H,37,42)/t19-,20+,21-,23+,24?,26-,28-,29-,30-,31+,33-,34-/m1/s1. The van der Waals surface area contributed by atoms with Crippen LogP contribution in [0.25, 0.3) is 0 Å². The summed E-state index contributed by atoms with van der Waals surface area (Å²) in [7, 11) is 5.44. The van der Waals surface area contributed by atoms with Crippen LogP contribution in [-0.4, -0.2) is 129 Å². The fourth-order valence-corrected chi connectivity index (χ4v) is 7.69. The molecular formula is C34H60N4O9. The molecule has 270 valence electrons. The highest BCUT2D eigenvalue weighted by Gasteiger charge is 2.55. The van der Waals surface area contributed by atoms with E-state index in [9.17, 15) is 19.5 Å². The molecule has 12 atom stereocenters. The molecule has 4 fully saturated rings. The van der Waals surface area contributed by atoms with Crippen LogP contribution in [0.5, 0.6) is 0 Å². The van der Waals surface area contributed by atoms with Crippen LogP contribution in [0, 0.1) is 17.8 Å². The van der Waals surface area contributed by atoms with Crippen LogP contribution < -0.4 is 16.0 Å². The number of nitrogens with zero attached hydrogens (tertiary/aromatic N) is 1. The minimum atomic E-state index is -1.14. The van der Waals surface area contributed by atoms with Gasteiger partial charge in [0.1, 0.15) is 24.4 Å². The minimum Gasteiger partial charge on any atom is -0.458 e. The first kappa shape index (κ1) is 37.9. The smallest absolute Gasteiger partial charge is 0.408 e. The molecule has 1 amide bonds. The van der Waals surface area contributed by atoms with Gasteiger partial charge in [-0.3, -0.25) is 9.59 Å². The molecule has 1 aliphatic carbocycles. The minimum absolute atomic E-state index is 0.0381. The van der Waals surface area contributed by atoms with E-state index >= 15 is 0 Å². The van der Waals surface area contributed by atoms with Crippen molar-refractivity contribution in [1.29, 1.82) is 0 Å². The number of fused-ring (bicyclic) bond motifs is 1. The van der Waals surface area contributed by atoms with E-state index in [1.54, 1.807) is 21.0 Å². The first-order valence-corrected chi connectivity index (χ1v) is 17.5. The molecule has 4 N–H and O–H groups in total. The summed E-state index contributed by atoms with van der Waals surface area (Å²) in [5.41, 5.74) is -2.14. The topological polar surface area (TPSA) is 157 Å². The van der Waals surface area contributed by atoms with Crippen molar-refractivity contribution >= 4 is 17.8 Å². The summed E-state index contributed by atoms with van der Waals surface area (Å²) >= 11 is 0. The third-order valence-electron chi connectivity index (χ3n) is 10.8. The van der Waals surface area contributed by atoms with Crippen LogP contribution in [0.2, 0.25) is 0 Å². The SMILES string of the molecule is CC[C@H]1OC(=O)CC(=O)[C@H](C)[C@@H](O[C@@H]2O[C@H](CNCC3CC3)CC(N(C)C)[C@H]2O)[C@](C)(OC)C[C@@H](C)CN[C@H](C)[C@H]2NC(=O)O[C@@]21C. The highest BCUT2D eigenvalue weighted by Crippen LogP contribution is 2.37. The Labute approximate surface area is 280 Å². The highest BCUT2D eigenvalue weighted by molar-refractivity contribution is 5.97. The number of carbonyl (C=O) groups excluding carboxylic acids is 3. The summed E-state index contributed by atoms with van der Waals surface area (Å²) in [6.45, 7) is 13.4. The average molecular weight is 669 g/mol. The fourth-order valence-electron chi connectivity index (χ4n) is 7.69. The quantitative estimate of drug-likeness (QED) is 0.210. The Balaban J connectivity index is 1.62. The average Bonchev–Trinajstić information content (AvgIpc) is 3.78. The zero-order valence-corrected chi connectivity index (χ0v) is 29.9. The maximum Gasteiger partial charge on any atom is 0.408 e. The molecular weight excluding hydrogens is 608 g/mol. The molecule has 0 aromatic rings. The number of hydrogen-bond donors (Lipinski definition) is 4. The lowest BCUT2D eigenvalue weighted by molar-refractivity contribution is -0.296. The van der Waals surface area contributed by atoms with E-state index in [0.29, 0.717) is 32.4 Å². The second-order valence-electron chi connectivity index (χ2n) is 15.1. The van der Waals surface area contributed by atoms with Gasteiger partial charge in [-0.25, -0.2) is 4.79 Å². The molecule has 0 bridgehead atoms. The number of ether oxygens (including phenoxy) is 5. The van der Waals surface area contributed by atoms with Crippen molar-refractivity contribution in [2.75, 3.05) is 40.8 Å². The summed E-state index contributed by atoms with van der Waals surface area (Å²) < 4.78 is 30.9. The number of aliphatic hydroxyl groups excluding tert-OH is 1. The van der Waals surface area contributed by atoms with Gasteiger partial charge in [0.05, 0.1) is 23.9 Å². The van der Waals surface area contributed by atoms with Gasteiger partial charge in [0, 0.05) is 31.7 Å². The number of alkyl carbamates (subject to hydrolysis) is 1. The number of esters is 1. The Morgan fingerprint density at radius 2 is 1.81 bits per heavy atom. The van der Waals surface area contributed by atoms with Gasteiger partial charge in [-0.2, -0.15) is 0 Å². The van der Waals surface area contributed by atoms with Crippen molar-refractivity contribution in [1.82, 2.24) is 20.9 Å². The maximum absolute atomic E-state index is 13.9. The van der Waals surface area contributed by atoms with Crippen LogP contribution in [0.15, 0.2) is 0 Å². The van der Waals surface area contributed by atoms with Gasteiger partial charge in [0.25, 0.3) is 0 Å². The number of aliphatic hydroxyl groups is 1. The normalized spacial score (nSPS) is 42.6. The number of amides is 1. The molecule has 4 aliphatic rings. The van der Waals surface area contributed by atoms with Gasteiger partial charge in [-0.05, 0) is 91.9 Å². The molecule has 4 rings (SSSR count). The number of rotatable bonds is 9. The second-order valence-corrected chi connectivity index (χ2v) is 15.1. The molecule has 0 aromatic carbocycles. The number of ketones is 1. The van der Waals surface area contributed by atoms with Crippen LogP contribution in [-0.2, 0) is 33.3 Å². The van der Waals surface area contributed by atoms with Gasteiger partial charge >= 0.3 is 12.1 Å². The molecule has 3 heterocycles. The zero-order valence-electron chi connectivity index (χ0n) is 29.9. The fraction of sp³-hybridized carbons (Fsp3) is 0.912. The van der Waals surface area contributed by atoms with Gasteiger partial charge in [0.15, 0.2) is 11.9 Å². The van der Waals surface area contributed by atoms with Crippen molar-refractivity contribution in [3.63, 3.8) is 0 Å². The van der Waals surface area contributed by atoms with Crippen molar-refractivity contribution in [2.45, 2.75) is 140 Å². The molecule has 1 saturated carbocycles. The third-order valence-corrected chi connectivity index (χ3v) is 10.8. The Hall–Kier alpha value is -1.87. The summed E-state index contributed by atoms with van der Waals surface area (Å²) in [5, 5.41) is 21.5. The number of likely N-dealkylation sites (N-methyl/N-ethyl adjacent to an activating group) is 1. The van der Waals surface area contributed by atoms with Crippen molar-refractivity contribution in [3.05, 3.63) is 0 Å². The monoisotopic (exact) mass is 668 g/mol. The van der Waals surface area contributed by atoms with Gasteiger partial charge < -0.3 is 49.6 Å². The molecule has 13 heteroatoms. The van der Waals surface area contributed by atoms with Gasteiger partial charge in [0.2, 0.25) is 0 Å². The number of hydrogen-bond acceptors (Lipinski definition) is 12. The van der Waals surface area contributed by atoms with E-state index in [-0.39, 0.29) is 29.9 Å². The number of carbonyl (C=O) groups is 3. The molecule has 3 aliphatic heterocycles. The van der Waals surface area contributed by atoms with Gasteiger partial charge in [-0.15, -0.1) is 0 Å². The Morgan fingerprint density at radius 3 is 2.43 bits per heavy atom. The first-order chi connectivity index (χ1) is 22.1. The number of nitrogens with one attached hydrogen (secondary N) is 3. The number of Topliss-reactive ketones (excluding diaryl/α,β-unsaturated/α-hetero) is 1. The Morgan fingerprint density at radius 1 is 1.11 bits per heavy atom. The van der Waals surface area contributed by atoms with Crippen LogP contribution >= 0.6 is 0 Å². The molecule has 47 heavy (non-hydrogen) atoms. The van der Waals surface area contributed by atoms with Crippen molar-refractivity contribution in [3.8, 4) is 0 Å². The molecule has 0 aromatic heterocycles. The van der Waals surface area contributed by atoms with Gasteiger partial charge in [-0.1, -0.05) is 20.8 Å². The lowest BCUT2D eigenvalue weighted by atomic mass is 9.80. The predicted molar refractivity (Wildman–Crippen MR) is 175 cm³/mol. The molecule has 0 spiro atoms. The second kappa shape index (κ2) is 15.8. The van der Waals surface area contributed by atoms with E-state index in [0.717, 1.165) is 12.5 Å². The summed E-state index contributed by atoms with van der Waals surface area (Å²) in [5.74, 6) is -1.14. The van der Waals surface area contributed by atoms with Crippen molar-refractivity contribution in [2.24, 2.45) is 17.8 Å². The first-order valence-electron chi connectivity index (χ1n) is 17.5. The lowest BCUT2D eigenvalue weighted by Gasteiger charge is -2.47. The Kier molecular flexibility index (Phi) is 12.7. The van der Waals surface area contributed by atoms with Crippen LogP contribution in [0.1, 0.15) is 80.1 Å². The molecule has 1 unspecified atom stereocenters. The lowest BCUT2D eigenvalue weighted by Crippen LogP contribution is -2.60. The van der Waals surface area contributed by atoms with E-state index in [1.807, 2.05) is 39.8 Å². The zero-order chi connectivity index (χ0) is 34.7. The van der Waals surface area contributed by atoms with Crippen LogP contribution in [0.4, 0.5) is 4.79 Å². The van der Waals surface area contributed by atoms with E-state index in [4.69, 9.17) is 23.7 Å². The third kappa shape index (κ3) is 9.03. The predicted octanol–water partition coefficient (Wildman–Crippen LogP) is 1.98. The maximum atomic E-state index is 13.9. The highest BCUT2D eigenvalue weighted by atomic mass is 16.7. The molecule has 3 saturated heterocycles. The number of cyclic esters (lactones) is 1. The summed E-state index contributed by atoms with van der Waals surface area (Å²) in [6.07, 6.45) is -0.912. The summed E-state index contributed by atoms with van der Waals surface area (Å²) in [6, 6.07) is -0.934.